The van der Waals surface area contributed by atoms with Crippen molar-refractivity contribution in [3.05, 3.63) is 29.8 Å². The van der Waals surface area contributed by atoms with E-state index in [-0.39, 0.29) is 0 Å². The largest absolute Gasteiger partial charge is 0.497 e. The number of halogens is 3. The normalized spacial score (nSPS) is 28.7. The number of ether oxygens (including phenoxy) is 2. The van der Waals surface area contributed by atoms with Gasteiger partial charge in [0, 0.05) is 12.8 Å². The molecule has 0 aliphatic heterocycles. The van der Waals surface area contributed by atoms with Crippen molar-refractivity contribution in [2.24, 2.45) is 0 Å². The highest BCUT2D eigenvalue weighted by Gasteiger charge is 2.70. The van der Waals surface area contributed by atoms with Crippen LogP contribution in [0.15, 0.2) is 24.3 Å². The topological polar surface area (TPSA) is 55.8 Å². The summed E-state index contributed by atoms with van der Waals surface area (Å²) in [6.45, 7) is 0. The van der Waals surface area contributed by atoms with E-state index in [1.165, 1.54) is 19.2 Å². The van der Waals surface area contributed by atoms with Crippen molar-refractivity contribution in [1.82, 2.24) is 0 Å². The Kier molecular flexibility index (Phi) is 3.65. The second kappa shape index (κ2) is 4.91. The van der Waals surface area contributed by atoms with E-state index in [2.05, 4.69) is 4.74 Å². The number of hydrogen-bond acceptors (Lipinski definition) is 4. The van der Waals surface area contributed by atoms with Gasteiger partial charge in [0.2, 0.25) is 0 Å². The lowest BCUT2D eigenvalue weighted by atomic mass is 9.55. The summed E-state index contributed by atoms with van der Waals surface area (Å²) >= 11 is 0. The minimum absolute atomic E-state index is 0.336. The summed E-state index contributed by atoms with van der Waals surface area (Å²) in [5.74, 6) is -0.386. The van der Waals surface area contributed by atoms with Crippen molar-refractivity contribution in [3.63, 3.8) is 0 Å². The van der Waals surface area contributed by atoms with E-state index in [0.717, 1.165) is 7.11 Å². The first-order valence-electron chi connectivity index (χ1n) is 6.21. The number of carbonyl (C=O) groups is 1. The molecule has 0 heterocycles. The molecule has 0 saturated heterocycles. The lowest BCUT2D eigenvalue weighted by molar-refractivity contribution is -0.302. The fraction of sp³-hybridized carbons (Fsp3) is 0.500. The summed E-state index contributed by atoms with van der Waals surface area (Å²) in [6.07, 6.45) is -6.31. The van der Waals surface area contributed by atoms with Crippen molar-refractivity contribution in [2.75, 3.05) is 14.2 Å². The molecule has 0 spiro atoms. The summed E-state index contributed by atoms with van der Waals surface area (Å²) in [4.78, 5) is 12.0. The molecule has 1 aliphatic rings. The molecule has 1 aromatic rings. The maximum Gasteiger partial charge on any atom is 0.417 e. The molecule has 0 unspecified atom stereocenters. The summed E-state index contributed by atoms with van der Waals surface area (Å²) in [7, 11) is 2.52. The Morgan fingerprint density at radius 1 is 1.29 bits per heavy atom. The van der Waals surface area contributed by atoms with Gasteiger partial charge in [-0.15, -0.1) is 0 Å². The van der Waals surface area contributed by atoms with Crippen LogP contribution in [0.25, 0.3) is 0 Å². The summed E-state index contributed by atoms with van der Waals surface area (Å²) in [6, 6.07) is 6.19. The first kappa shape index (κ1) is 15.6. The summed E-state index contributed by atoms with van der Waals surface area (Å²) in [5, 5.41) is 9.65. The second-order valence-electron chi connectivity index (χ2n) is 5.19. The van der Waals surface area contributed by atoms with Crippen molar-refractivity contribution in [2.45, 2.75) is 30.0 Å². The van der Waals surface area contributed by atoms with Gasteiger partial charge in [0.15, 0.2) is 5.60 Å². The Balaban J connectivity index is 2.41. The fourth-order valence-corrected chi connectivity index (χ4v) is 2.73. The van der Waals surface area contributed by atoms with Gasteiger partial charge in [-0.1, -0.05) is 12.1 Å². The molecule has 0 atom stereocenters. The predicted octanol–water partition coefficient (Wildman–Crippen LogP) is 2.19. The van der Waals surface area contributed by atoms with Crippen LogP contribution in [0.1, 0.15) is 18.4 Å². The zero-order valence-corrected chi connectivity index (χ0v) is 11.5. The highest BCUT2D eigenvalue weighted by Crippen LogP contribution is 2.57. The molecule has 116 valence electrons. The number of hydrogen-bond donors (Lipinski definition) is 1. The molecule has 1 aliphatic carbocycles. The van der Waals surface area contributed by atoms with Crippen LogP contribution >= 0.6 is 0 Å². The minimum Gasteiger partial charge on any atom is -0.497 e. The highest BCUT2D eigenvalue weighted by molar-refractivity contribution is 5.85. The average molecular weight is 304 g/mol. The van der Waals surface area contributed by atoms with Crippen LogP contribution in [0.5, 0.6) is 5.75 Å². The van der Waals surface area contributed by atoms with Crippen LogP contribution in [0.3, 0.4) is 0 Å². The van der Waals surface area contributed by atoms with Gasteiger partial charge >= 0.3 is 12.1 Å². The Bertz CT molecular complexity index is 547. The van der Waals surface area contributed by atoms with E-state index in [9.17, 15) is 23.1 Å². The third-order valence-electron chi connectivity index (χ3n) is 3.91. The van der Waals surface area contributed by atoms with E-state index in [4.69, 9.17) is 4.74 Å². The monoisotopic (exact) mass is 304 g/mol. The minimum atomic E-state index is -4.79. The molecule has 0 aromatic heterocycles. The van der Waals surface area contributed by atoms with E-state index >= 15 is 0 Å². The molecule has 1 aromatic carbocycles. The van der Waals surface area contributed by atoms with Gasteiger partial charge in [-0.2, -0.15) is 13.2 Å². The van der Waals surface area contributed by atoms with Gasteiger partial charge in [0.25, 0.3) is 0 Å². The van der Waals surface area contributed by atoms with Crippen LogP contribution in [-0.2, 0) is 14.9 Å². The van der Waals surface area contributed by atoms with Crippen molar-refractivity contribution in [3.8, 4) is 5.75 Å². The molecular weight excluding hydrogens is 289 g/mol. The van der Waals surface area contributed by atoms with Crippen LogP contribution in [0, 0.1) is 0 Å². The number of rotatable bonds is 3. The van der Waals surface area contributed by atoms with E-state index in [1.54, 1.807) is 12.1 Å². The highest BCUT2D eigenvalue weighted by atomic mass is 19.4. The van der Waals surface area contributed by atoms with E-state index < -0.39 is 36.0 Å². The Hall–Kier alpha value is -1.76. The summed E-state index contributed by atoms with van der Waals surface area (Å²) < 4.78 is 48.1. The molecule has 2 rings (SSSR count). The first-order chi connectivity index (χ1) is 9.68. The average Bonchev–Trinajstić information content (AvgIpc) is 2.41. The molecule has 1 fully saturated rings. The molecular formula is C14H15F3O4. The number of alkyl halides is 3. The quantitative estimate of drug-likeness (QED) is 0.870. The number of aliphatic hydroxyl groups is 1. The number of methoxy groups -OCH3 is 2. The predicted molar refractivity (Wildman–Crippen MR) is 66.9 cm³/mol. The van der Waals surface area contributed by atoms with Gasteiger partial charge in [0.05, 0.1) is 19.6 Å². The Labute approximate surface area is 119 Å². The maximum atomic E-state index is 12.8. The van der Waals surface area contributed by atoms with Crippen molar-refractivity contribution >= 4 is 5.97 Å². The number of esters is 1. The number of benzene rings is 1. The molecule has 1 N–H and O–H groups in total. The SMILES string of the molecule is COC(=O)C1(c2cccc(OC)c2)CC(O)(C(F)(F)F)C1. The van der Waals surface area contributed by atoms with Crippen LogP contribution in [0.2, 0.25) is 0 Å². The molecule has 0 radical (unpaired) electrons. The van der Waals surface area contributed by atoms with Gasteiger partial charge < -0.3 is 14.6 Å². The Morgan fingerprint density at radius 3 is 2.38 bits per heavy atom. The van der Waals surface area contributed by atoms with Gasteiger partial charge in [0.1, 0.15) is 5.75 Å². The van der Waals surface area contributed by atoms with Crippen molar-refractivity contribution < 1.29 is 32.5 Å². The Morgan fingerprint density at radius 2 is 1.90 bits per heavy atom. The third-order valence-corrected chi connectivity index (χ3v) is 3.91. The molecule has 0 amide bonds. The first-order valence-corrected chi connectivity index (χ1v) is 6.21. The standard InChI is InChI=1S/C14H15F3O4/c1-20-10-5-3-4-9(6-10)12(11(18)21-2)7-13(19,8-12)14(15,16)17/h3-6,19H,7-8H2,1-2H3. The van der Waals surface area contributed by atoms with Gasteiger partial charge in [-0.05, 0) is 17.7 Å². The molecule has 7 heteroatoms. The zero-order valence-electron chi connectivity index (χ0n) is 11.5. The molecule has 0 bridgehead atoms. The van der Waals surface area contributed by atoms with Crippen LogP contribution in [0.4, 0.5) is 13.2 Å². The summed E-state index contributed by atoms with van der Waals surface area (Å²) in [5.41, 5.74) is -4.04. The van der Waals surface area contributed by atoms with E-state index in [0.29, 0.717) is 11.3 Å². The number of carbonyl (C=O) groups excluding carboxylic acids is 1. The van der Waals surface area contributed by atoms with E-state index in [1.807, 2.05) is 0 Å². The maximum absolute atomic E-state index is 12.8. The lowest BCUT2D eigenvalue weighted by Gasteiger charge is -2.51. The van der Waals surface area contributed by atoms with Gasteiger partial charge in [-0.25, -0.2) is 0 Å². The second-order valence-corrected chi connectivity index (χ2v) is 5.19. The zero-order chi connectivity index (χ0) is 15.9. The molecule has 21 heavy (non-hydrogen) atoms. The molecule has 1 saturated carbocycles. The van der Waals surface area contributed by atoms with Crippen LogP contribution < -0.4 is 4.74 Å². The van der Waals surface area contributed by atoms with Gasteiger partial charge in [-0.3, -0.25) is 4.79 Å². The molecule has 4 nitrogen and oxygen atoms in total. The third kappa shape index (κ3) is 2.35. The van der Waals surface area contributed by atoms with Crippen LogP contribution in [-0.4, -0.2) is 37.1 Å². The lowest BCUT2D eigenvalue weighted by Crippen LogP contribution is -2.65. The smallest absolute Gasteiger partial charge is 0.417 e. The fourth-order valence-electron chi connectivity index (χ4n) is 2.73. The van der Waals surface area contributed by atoms with Crippen molar-refractivity contribution in [1.29, 1.82) is 0 Å².